The van der Waals surface area contributed by atoms with Crippen LogP contribution in [0.25, 0.3) is 0 Å². The van der Waals surface area contributed by atoms with Crippen LogP contribution in [-0.4, -0.2) is 18.8 Å². The Hall–Kier alpha value is -0.740. The molecule has 0 aromatic carbocycles. The molecule has 0 heterocycles. The first-order chi connectivity index (χ1) is 12.5. The van der Waals surface area contributed by atoms with E-state index in [1.54, 1.807) is 0 Å². The summed E-state index contributed by atoms with van der Waals surface area (Å²) in [5, 5.41) is 0. The van der Waals surface area contributed by atoms with Crippen molar-refractivity contribution in [3.63, 3.8) is 0 Å². The number of halogens is 3. The summed E-state index contributed by atoms with van der Waals surface area (Å²) in [7, 11) is 0. The predicted molar refractivity (Wildman–Crippen MR) is 101 cm³/mol. The van der Waals surface area contributed by atoms with Gasteiger partial charge >= 0.3 is 12.1 Å². The minimum absolute atomic E-state index is 0.232. The molecule has 0 bridgehead atoms. The van der Waals surface area contributed by atoms with Gasteiger partial charge in [0.15, 0.2) is 0 Å². The van der Waals surface area contributed by atoms with Crippen molar-refractivity contribution in [3.05, 3.63) is 0 Å². The second-order valence-corrected chi connectivity index (χ2v) is 7.29. The molecule has 0 amide bonds. The number of ether oxygens (including phenoxy) is 1. The number of alkyl halides is 3. The van der Waals surface area contributed by atoms with Crippen molar-refractivity contribution in [2.45, 2.75) is 122 Å². The highest BCUT2D eigenvalue weighted by atomic mass is 19.4. The van der Waals surface area contributed by atoms with Gasteiger partial charge in [0.1, 0.15) is 0 Å². The van der Waals surface area contributed by atoms with E-state index in [0.717, 1.165) is 12.8 Å². The van der Waals surface area contributed by atoms with Crippen LogP contribution in [0.5, 0.6) is 0 Å². The van der Waals surface area contributed by atoms with E-state index in [9.17, 15) is 18.0 Å². The van der Waals surface area contributed by atoms with E-state index in [0.29, 0.717) is 6.42 Å². The number of rotatable bonds is 18. The van der Waals surface area contributed by atoms with E-state index in [1.807, 2.05) is 0 Å². The first kappa shape index (κ1) is 25.3. The van der Waals surface area contributed by atoms with Crippen LogP contribution in [0.1, 0.15) is 116 Å². The maximum absolute atomic E-state index is 11.9. The number of esters is 1. The van der Waals surface area contributed by atoms with Gasteiger partial charge in [-0.05, 0) is 6.42 Å². The van der Waals surface area contributed by atoms with Crippen molar-refractivity contribution in [2.75, 3.05) is 6.61 Å². The summed E-state index contributed by atoms with van der Waals surface area (Å²) in [6.07, 6.45) is 13.6. The van der Waals surface area contributed by atoms with Gasteiger partial charge in [0.2, 0.25) is 0 Å². The average molecular weight is 381 g/mol. The molecule has 0 aromatic heterocycles. The minimum atomic E-state index is -4.26. The van der Waals surface area contributed by atoms with Crippen molar-refractivity contribution in [2.24, 2.45) is 0 Å². The molecule has 5 heteroatoms. The lowest BCUT2D eigenvalue weighted by atomic mass is 10.0. The monoisotopic (exact) mass is 380 g/mol. The molecule has 0 aliphatic carbocycles. The van der Waals surface area contributed by atoms with Gasteiger partial charge in [0.05, 0.1) is 13.0 Å². The van der Waals surface area contributed by atoms with Crippen LogP contribution >= 0.6 is 0 Å². The van der Waals surface area contributed by atoms with Crippen molar-refractivity contribution >= 4 is 5.97 Å². The van der Waals surface area contributed by atoms with E-state index >= 15 is 0 Å². The number of unbranched alkanes of at least 4 members (excludes halogenated alkanes) is 14. The molecule has 0 spiro atoms. The maximum atomic E-state index is 11.9. The Morgan fingerprint density at radius 2 is 1.08 bits per heavy atom. The van der Waals surface area contributed by atoms with Gasteiger partial charge in [-0.2, -0.15) is 13.2 Å². The highest BCUT2D eigenvalue weighted by Gasteiger charge is 2.27. The summed E-state index contributed by atoms with van der Waals surface area (Å²) in [4.78, 5) is 11.3. The summed E-state index contributed by atoms with van der Waals surface area (Å²) in [5.41, 5.74) is 0. The van der Waals surface area contributed by atoms with Crippen molar-refractivity contribution < 1.29 is 22.7 Å². The fraction of sp³-hybridized carbons (Fsp3) is 0.952. The van der Waals surface area contributed by atoms with Crippen LogP contribution < -0.4 is 0 Å². The number of hydrogen-bond acceptors (Lipinski definition) is 2. The van der Waals surface area contributed by atoms with Crippen LogP contribution in [0.2, 0.25) is 0 Å². The molecule has 0 radical (unpaired) electrons. The molecule has 0 rings (SSSR count). The quantitative estimate of drug-likeness (QED) is 0.179. The Labute approximate surface area is 158 Å². The van der Waals surface area contributed by atoms with Gasteiger partial charge in [-0.25, -0.2) is 0 Å². The third-order valence-corrected chi connectivity index (χ3v) is 4.63. The standard InChI is InChI=1S/C21H39F3O2/c1-2-3-4-5-6-7-8-9-10-11-12-13-14-15-16-17-20(25)26-19-18-21(22,23)24/h2-19H2,1H3. The Morgan fingerprint density at radius 3 is 1.46 bits per heavy atom. The normalized spacial score (nSPS) is 11.7. The molecule has 0 atom stereocenters. The van der Waals surface area contributed by atoms with E-state index in [4.69, 9.17) is 0 Å². The van der Waals surface area contributed by atoms with E-state index < -0.39 is 25.2 Å². The van der Waals surface area contributed by atoms with Crippen LogP contribution in [-0.2, 0) is 9.53 Å². The summed E-state index contributed by atoms with van der Waals surface area (Å²) >= 11 is 0. The predicted octanol–water partition coefficient (Wildman–Crippen LogP) is 7.74. The highest BCUT2D eigenvalue weighted by molar-refractivity contribution is 5.69. The van der Waals surface area contributed by atoms with Gasteiger partial charge in [0, 0.05) is 6.42 Å². The van der Waals surface area contributed by atoms with E-state index in [-0.39, 0.29) is 6.42 Å². The lowest BCUT2D eigenvalue weighted by Gasteiger charge is -2.07. The molecular weight excluding hydrogens is 341 g/mol. The molecule has 0 unspecified atom stereocenters. The number of hydrogen-bond donors (Lipinski definition) is 0. The zero-order chi connectivity index (χ0) is 19.5. The molecular formula is C21H39F3O2. The lowest BCUT2D eigenvalue weighted by molar-refractivity contribution is -0.159. The molecule has 2 nitrogen and oxygen atoms in total. The first-order valence-electron chi connectivity index (χ1n) is 10.7. The summed E-state index contributed by atoms with van der Waals surface area (Å²) in [6.45, 7) is 1.69. The number of carbonyl (C=O) groups is 1. The van der Waals surface area contributed by atoms with Crippen LogP contribution in [0, 0.1) is 0 Å². The molecule has 0 aliphatic heterocycles. The molecule has 156 valence electrons. The fourth-order valence-electron chi connectivity index (χ4n) is 2.99. The van der Waals surface area contributed by atoms with Crippen LogP contribution in [0.3, 0.4) is 0 Å². The third-order valence-electron chi connectivity index (χ3n) is 4.63. The van der Waals surface area contributed by atoms with Crippen LogP contribution in [0.4, 0.5) is 13.2 Å². The lowest BCUT2D eigenvalue weighted by Crippen LogP contribution is -2.14. The Balaban J connectivity index is 3.16. The largest absolute Gasteiger partial charge is 0.465 e. The average Bonchev–Trinajstić information content (AvgIpc) is 2.57. The van der Waals surface area contributed by atoms with E-state index in [2.05, 4.69) is 11.7 Å². The molecule has 0 N–H and O–H groups in total. The summed E-state index contributed by atoms with van der Waals surface area (Å²) in [6, 6.07) is 0. The molecule has 0 saturated heterocycles. The van der Waals surface area contributed by atoms with Gasteiger partial charge in [-0.15, -0.1) is 0 Å². The highest BCUT2D eigenvalue weighted by Crippen LogP contribution is 2.19. The first-order valence-corrected chi connectivity index (χ1v) is 10.7. The van der Waals surface area contributed by atoms with Gasteiger partial charge in [-0.1, -0.05) is 96.8 Å². The van der Waals surface area contributed by atoms with Gasteiger partial charge < -0.3 is 4.74 Å². The Bertz CT molecular complexity index is 317. The van der Waals surface area contributed by atoms with Crippen molar-refractivity contribution in [3.8, 4) is 0 Å². The second-order valence-electron chi connectivity index (χ2n) is 7.29. The summed E-state index contributed by atoms with van der Waals surface area (Å²) in [5.74, 6) is -0.510. The van der Waals surface area contributed by atoms with Crippen LogP contribution in [0.15, 0.2) is 0 Å². The summed E-state index contributed by atoms with van der Waals surface area (Å²) < 4.78 is 40.3. The minimum Gasteiger partial charge on any atom is -0.465 e. The van der Waals surface area contributed by atoms with Gasteiger partial charge in [0.25, 0.3) is 0 Å². The SMILES string of the molecule is CCCCCCCCCCCCCCCCCC(=O)OCCC(F)(F)F. The zero-order valence-corrected chi connectivity index (χ0v) is 16.7. The molecule has 0 aliphatic rings. The Kier molecular flexibility index (Phi) is 17.2. The Morgan fingerprint density at radius 1 is 0.692 bits per heavy atom. The molecule has 0 aromatic rings. The molecule has 0 fully saturated rings. The second kappa shape index (κ2) is 17.7. The van der Waals surface area contributed by atoms with Crippen molar-refractivity contribution in [1.29, 1.82) is 0 Å². The maximum Gasteiger partial charge on any atom is 0.392 e. The third kappa shape index (κ3) is 21.3. The fourth-order valence-corrected chi connectivity index (χ4v) is 2.99. The van der Waals surface area contributed by atoms with E-state index in [1.165, 1.54) is 77.0 Å². The smallest absolute Gasteiger partial charge is 0.392 e. The topological polar surface area (TPSA) is 26.3 Å². The zero-order valence-electron chi connectivity index (χ0n) is 16.7. The van der Waals surface area contributed by atoms with Gasteiger partial charge in [-0.3, -0.25) is 4.79 Å². The number of carbonyl (C=O) groups excluding carboxylic acids is 1. The molecule has 26 heavy (non-hydrogen) atoms. The van der Waals surface area contributed by atoms with Crippen molar-refractivity contribution in [1.82, 2.24) is 0 Å². The molecule has 0 saturated carbocycles.